The summed E-state index contributed by atoms with van der Waals surface area (Å²) in [4.78, 5) is 12.0. The van der Waals surface area contributed by atoms with Gasteiger partial charge in [0.2, 0.25) is 5.91 Å². The first-order valence-corrected chi connectivity index (χ1v) is 10.6. The summed E-state index contributed by atoms with van der Waals surface area (Å²) >= 11 is 0. The Morgan fingerprint density at radius 2 is 1.86 bits per heavy atom. The quantitative estimate of drug-likeness (QED) is 0.870. The molecule has 1 aliphatic carbocycles. The fourth-order valence-electron chi connectivity index (χ4n) is 3.31. The third-order valence-corrected chi connectivity index (χ3v) is 6.04. The van der Waals surface area contributed by atoms with E-state index in [1.165, 1.54) is 21.9 Å². The summed E-state index contributed by atoms with van der Waals surface area (Å²) in [6.07, 6.45) is 3.24. The number of carbonyl (C=O) groups excluding carboxylic acids is 1. The highest BCUT2D eigenvalue weighted by atomic mass is 28.3. The molecule has 0 saturated heterocycles. The van der Waals surface area contributed by atoms with Crippen LogP contribution in [0.15, 0.2) is 42.0 Å². The summed E-state index contributed by atoms with van der Waals surface area (Å²) in [7, 11) is -1.08. The van der Waals surface area contributed by atoms with Crippen LogP contribution in [0.2, 0.25) is 13.1 Å². The highest BCUT2D eigenvalue weighted by Gasteiger charge is 2.21. The lowest BCUT2D eigenvalue weighted by Gasteiger charge is -2.18. The molecule has 0 aliphatic heterocycles. The molecule has 0 bridgehead atoms. The Bertz CT molecular complexity index is 790. The molecule has 2 aromatic carbocycles. The standard InChI is InChI=1S/C19H21NOSi/c1-12-10-13-6-4-7-14(16(13)11-12)18-15(19(20)21)8-5-9-17(18)22(2)3/h4-9,11,22H,10H2,1-3H3,(H2,20,21). The molecule has 0 spiro atoms. The molecule has 1 aliphatic rings. The van der Waals surface area contributed by atoms with Crippen molar-refractivity contribution in [2.75, 3.05) is 0 Å². The second kappa shape index (κ2) is 5.58. The zero-order valence-electron chi connectivity index (χ0n) is 13.3. The normalized spacial score (nSPS) is 13.2. The highest BCUT2D eigenvalue weighted by Crippen LogP contribution is 2.34. The second-order valence-electron chi connectivity index (χ2n) is 6.33. The number of fused-ring (bicyclic) bond motifs is 1. The molecule has 3 heteroatoms. The Morgan fingerprint density at radius 3 is 2.55 bits per heavy atom. The molecule has 0 fully saturated rings. The van der Waals surface area contributed by atoms with Crippen molar-refractivity contribution in [1.82, 2.24) is 0 Å². The molecule has 0 aromatic heterocycles. The molecule has 0 unspecified atom stereocenters. The van der Waals surface area contributed by atoms with Crippen molar-refractivity contribution in [2.45, 2.75) is 26.4 Å². The highest BCUT2D eigenvalue weighted by molar-refractivity contribution is 6.72. The van der Waals surface area contributed by atoms with Gasteiger partial charge in [-0.1, -0.05) is 60.3 Å². The number of benzene rings is 2. The molecule has 0 heterocycles. The monoisotopic (exact) mass is 307 g/mol. The SMILES string of the molecule is CC1=Cc2c(cccc2-c2c(C(N)=O)cccc2[SiH](C)C)C1. The van der Waals surface area contributed by atoms with Gasteiger partial charge in [0.05, 0.1) is 8.80 Å². The maximum atomic E-state index is 12.0. The molecule has 2 nitrogen and oxygen atoms in total. The first kappa shape index (κ1) is 14.8. The van der Waals surface area contributed by atoms with Crippen LogP contribution in [0.3, 0.4) is 0 Å². The van der Waals surface area contributed by atoms with Crippen molar-refractivity contribution >= 4 is 26.0 Å². The topological polar surface area (TPSA) is 43.1 Å². The summed E-state index contributed by atoms with van der Waals surface area (Å²) in [6, 6.07) is 12.3. The average Bonchev–Trinajstić information content (AvgIpc) is 2.86. The fraction of sp³-hybridized carbons (Fsp3) is 0.211. The van der Waals surface area contributed by atoms with Crippen LogP contribution in [0.5, 0.6) is 0 Å². The van der Waals surface area contributed by atoms with Gasteiger partial charge in [0.25, 0.3) is 0 Å². The number of nitrogens with two attached hydrogens (primary N) is 1. The second-order valence-corrected chi connectivity index (χ2v) is 9.27. The molecule has 22 heavy (non-hydrogen) atoms. The smallest absolute Gasteiger partial charge is 0.249 e. The summed E-state index contributed by atoms with van der Waals surface area (Å²) in [5, 5.41) is 1.31. The van der Waals surface area contributed by atoms with Crippen LogP contribution >= 0.6 is 0 Å². The van der Waals surface area contributed by atoms with E-state index in [1.807, 2.05) is 12.1 Å². The minimum Gasteiger partial charge on any atom is -0.366 e. The fourth-order valence-corrected chi connectivity index (χ4v) is 4.70. The van der Waals surface area contributed by atoms with E-state index in [0.717, 1.165) is 17.5 Å². The van der Waals surface area contributed by atoms with E-state index in [2.05, 4.69) is 50.4 Å². The maximum Gasteiger partial charge on any atom is 0.249 e. The van der Waals surface area contributed by atoms with Gasteiger partial charge in [0.15, 0.2) is 0 Å². The van der Waals surface area contributed by atoms with Gasteiger partial charge in [-0.05, 0) is 41.7 Å². The number of carbonyl (C=O) groups is 1. The van der Waals surface area contributed by atoms with Gasteiger partial charge in [-0.3, -0.25) is 4.79 Å². The number of amides is 1. The zero-order chi connectivity index (χ0) is 15.9. The molecule has 0 saturated carbocycles. The van der Waals surface area contributed by atoms with Gasteiger partial charge in [0, 0.05) is 5.56 Å². The van der Waals surface area contributed by atoms with E-state index < -0.39 is 8.80 Å². The zero-order valence-corrected chi connectivity index (χ0v) is 14.5. The number of hydrogen-bond donors (Lipinski definition) is 1. The molecule has 112 valence electrons. The van der Waals surface area contributed by atoms with Crippen molar-refractivity contribution in [3.05, 3.63) is 58.7 Å². The summed E-state index contributed by atoms with van der Waals surface area (Å²) in [5.74, 6) is -0.345. The molecular formula is C19H21NOSi. The Labute approximate surface area is 133 Å². The lowest BCUT2D eigenvalue weighted by atomic mass is 9.93. The first-order chi connectivity index (χ1) is 10.5. The van der Waals surface area contributed by atoms with Crippen LogP contribution in [-0.2, 0) is 6.42 Å². The molecule has 1 amide bonds. The van der Waals surface area contributed by atoms with Crippen LogP contribution in [0.1, 0.15) is 28.4 Å². The van der Waals surface area contributed by atoms with Gasteiger partial charge in [-0.15, -0.1) is 0 Å². The van der Waals surface area contributed by atoms with E-state index in [-0.39, 0.29) is 5.91 Å². The number of primary amides is 1. The van der Waals surface area contributed by atoms with Crippen LogP contribution < -0.4 is 10.9 Å². The number of rotatable bonds is 3. The van der Waals surface area contributed by atoms with Crippen LogP contribution in [-0.4, -0.2) is 14.7 Å². The molecule has 0 atom stereocenters. The molecule has 2 aromatic rings. The summed E-state index contributed by atoms with van der Waals surface area (Å²) in [6.45, 7) is 6.73. The predicted octanol–water partition coefficient (Wildman–Crippen LogP) is 3.11. The first-order valence-electron chi connectivity index (χ1n) is 7.71. The summed E-state index contributed by atoms with van der Waals surface area (Å²) < 4.78 is 0. The Kier molecular flexibility index (Phi) is 3.75. The van der Waals surface area contributed by atoms with Crippen molar-refractivity contribution in [2.24, 2.45) is 5.73 Å². The van der Waals surface area contributed by atoms with E-state index in [4.69, 9.17) is 5.73 Å². The van der Waals surface area contributed by atoms with Crippen molar-refractivity contribution in [3.63, 3.8) is 0 Å². The van der Waals surface area contributed by atoms with Crippen LogP contribution in [0, 0.1) is 0 Å². The lowest BCUT2D eigenvalue weighted by molar-refractivity contribution is 0.100. The Morgan fingerprint density at radius 1 is 1.14 bits per heavy atom. The van der Waals surface area contributed by atoms with Crippen LogP contribution in [0.4, 0.5) is 0 Å². The molecule has 2 N–H and O–H groups in total. The van der Waals surface area contributed by atoms with Gasteiger partial charge >= 0.3 is 0 Å². The third kappa shape index (κ3) is 2.42. The maximum absolute atomic E-state index is 12.0. The van der Waals surface area contributed by atoms with E-state index in [0.29, 0.717) is 5.56 Å². The van der Waals surface area contributed by atoms with Crippen molar-refractivity contribution in [1.29, 1.82) is 0 Å². The van der Waals surface area contributed by atoms with Gasteiger partial charge in [0.1, 0.15) is 0 Å². The average molecular weight is 307 g/mol. The van der Waals surface area contributed by atoms with Gasteiger partial charge in [-0.25, -0.2) is 0 Å². The Balaban J connectivity index is 2.34. The van der Waals surface area contributed by atoms with E-state index in [9.17, 15) is 4.79 Å². The van der Waals surface area contributed by atoms with Crippen LogP contribution in [0.25, 0.3) is 17.2 Å². The number of hydrogen-bond acceptors (Lipinski definition) is 1. The predicted molar refractivity (Wildman–Crippen MR) is 96.3 cm³/mol. The van der Waals surface area contributed by atoms with E-state index in [1.54, 1.807) is 0 Å². The minimum absolute atomic E-state index is 0.345. The van der Waals surface area contributed by atoms with Crippen molar-refractivity contribution < 1.29 is 4.79 Å². The van der Waals surface area contributed by atoms with Gasteiger partial charge in [-0.2, -0.15) is 0 Å². The molecule has 0 radical (unpaired) electrons. The number of allylic oxidation sites excluding steroid dienone is 1. The molecule has 3 rings (SSSR count). The summed E-state index contributed by atoms with van der Waals surface area (Å²) in [5.41, 5.74) is 12.5. The largest absolute Gasteiger partial charge is 0.366 e. The third-order valence-electron chi connectivity index (χ3n) is 4.31. The minimum atomic E-state index is -1.08. The van der Waals surface area contributed by atoms with Crippen molar-refractivity contribution in [3.8, 4) is 11.1 Å². The molecular weight excluding hydrogens is 286 g/mol. The van der Waals surface area contributed by atoms with E-state index >= 15 is 0 Å². The lowest BCUT2D eigenvalue weighted by Crippen LogP contribution is -2.28. The van der Waals surface area contributed by atoms with Gasteiger partial charge < -0.3 is 5.73 Å². The Hall–Kier alpha value is -2.13.